The van der Waals surface area contributed by atoms with Crippen molar-refractivity contribution in [2.75, 3.05) is 7.11 Å². The molecule has 0 aromatic carbocycles. The van der Waals surface area contributed by atoms with Gasteiger partial charge in [-0.3, -0.25) is 0 Å². The average molecular weight is 363 g/mol. The fourth-order valence-electron chi connectivity index (χ4n) is 1.62. The van der Waals surface area contributed by atoms with E-state index in [4.69, 9.17) is 9.47 Å². The monoisotopic (exact) mass is 362 g/mol. The van der Waals surface area contributed by atoms with E-state index < -0.39 is 11.7 Å². The lowest BCUT2D eigenvalue weighted by atomic mass is 10.1. The van der Waals surface area contributed by atoms with Gasteiger partial charge in [-0.05, 0) is 40.5 Å². The molecule has 112 valence electrons. The lowest BCUT2D eigenvalue weighted by molar-refractivity contribution is -0.138. The fourth-order valence-corrected chi connectivity index (χ4v) is 2.02. The Kier molecular flexibility index (Phi) is 4.36. The van der Waals surface area contributed by atoms with E-state index in [-0.39, 0.29) is 27.5 Å². The van der Waals surface area contributed by atoms with Crippen molar-refractivity contribution >= 4 is 15.9 Å². The van der Waals surface area contributed by atoms with Crippen LogP contribution in [0.5, 0.6) is 17.5 Å². The second-order valence-electron chi connectivity index (χ2n) is 4.03. The summed E-state index contributed by atoms with van der Waals surface area (Å²) in [6.07, 6.45) is -2.23. The normalized spacial score (nSPS) is 11.3. The second-order valence-corrected chi connectivity index (χ2v) is 4.82. The Bertz CT molecular complexity index is 662. The molecule has 2 rings (SSSR count). The number of methoxy groups -OCH3 is 1. The van der Waals surface area contributed by atoms with Gasteiger partial charge in [0.25, 0.3) is 5.88 Å². The molecule has 2 aromatic rings. The van der Waals surface area contributed by atoms with Gasteiger partial charge < -0.3 is 9.47 Å². The molecule has 0 saturated carbocycles. The van der Waals surface area contributed by atoms with Gasteiger partial charge in [0.1, 0.15) is 0 Å². The van der Waals surface area contributed by atoms with Crippen molar-refractivity contribution in [3.05, 3.63) is 40.1 Å². The maximum atomic E-state index is 12.8. The highest BCUT2D eigenvalue weighted by molar-refractivity contribution is 9.10. The van der Waals surface area contributed by atoms with Crippen LogP contribution in [0.3, 0.4) is 0 Å². The Morgan fingerprint density at radius 2 is 1.90 bits per heavy atom. The summed E-state index contributed by atoms with van der Waals surface area (Å²) in [5.41, 5.74) is -0.824. The molecule has 0 unspecified atom stereocenters. The molecule has 0 atom stereocenters. The van der Waals surface area contributed by atoms with E-state index in [0.717, 1.165) is 6.20 Å². The number of aromatic nitrogens is 2. The Morgan fingerprint density at radius 3 is 2.52 bits per heavy atom. The van der Waals surface area contributed by atoms with E-state index in [9.17, 15) is 13.2 Å². The maximum Gasteiger partial charge on any atom is 0.418 e. The lowest BCUT2D eigenvalue weighted by Crippen LogP contribution is -2.09. The van der Waals surface area contributed by atoms with E-state index in [1.54, 1.807) is 12.1 Å². The van der Waals surface area contributed by atoms with Crippen LogP contribution in [-0.2, 0) is 6.18 Å². The number of halogens is 4. The molecule has 2 heterocycles. The molecule has 0 saturated heterocycles. The summed E-state index contributed by atoms with van der Waals surface area (Å²) in [7, 11) is 1.41. The van der Waals surface area contributed by atoms with Crippen LogP contribution in [-0.4, -0.2) is 17.1 Å². The summed E-state index contributed by atoms with van der Waals surface area (Å²) in [5.74, 6) is 0.475. The number of nitrogens with zero attached hydrogens (tertiary/aromatic N) is 2. The molecule has 21 heavy (non-hydrogen) atoms. The van der Waals surface area contributed by atoms with Gasteiger partial charge in [-0.15, -0.1) is 0 Å². The van der Waals surface area contributed by atoms with Crippen LogP contribution < -0.4 is 9.47 Å². The minimum atomic E-state index is -4.47. The summed E-state index contributed by atoms with van der Waals surface area (Å²) >= 11 is 3.08. The van der Waals surface area contributed by atoms with Crippen molar-refractivity contribution in [2.24, 2.45) is 0 Å². The fraction of sp³-hybridized carbons (Fsp3) is 0.231. The predicted octanol–water partition coefficient (Wildman–Crippen LogP) is 4.37. The first-order valence-electron chi connectivity index (χ1n) is 5.73. The highest BCUT2D eigenvalue weighted by Crippen LogP contribution is 2.39. The number of rotatable bonds is 3. The molecule has 2 aromatic heterocycles. The van der Waals surface area contributed by atoms with E-state index in [1.807, 2.05) is 0 Å². The Hall–Kier alpha value is -1.83. The minimum Gasteiger partial charge on any atom is -0.478 e. The molecular weight excluding hydrogens is 353 g/mol. The van der Waals surface area contributed by atoms with Gasteiger partial charge in [-0.25, -0.2) is 9.97 Å². The summed E-state index contributed by atoms with van der Waals surface area (Å²) in [5, 5.41) is 0. The van der Waals surface area contributed by atoms with Gasteiger partial charge in [0, 0.05) is 12.4 Å². The van der Waals surface area contributed by atoms with E-state index >= 15 is 0 Å². The third kappa shape index (κ3) is 3.26. The summed E-state index contributed by atoms with van der Waals surface area (Å²) in [4.78, 5) is 7.64. The molecule has 0 fully saturated rings. The van der Waals surface area contributed by atoms with E-state index in [2.05, 4.69) is 25.9 Å². The largest absolute Gasteiger partial charge is 0.478 e. The highest BCUT2D eigenvalue weighted by atomic mass is 79.9. The van der Waals surface area contributed by atoms with E-state index in [1.165, 1.54) is 20.2 Å². The highest BCUT2D eigenvalue weighted by Gasteiger charge is 2.34. The van der Waals surface area contributed by atoms with Gasteiger partial charge >= 0.3 is 6.18 Å². The SMILES string of the molecule is COc1ncccc1Oc1ncc(C(F)(F)F)c(C)c1Br. The van der Waals surface area contributed by atoms with Crippen molar-refractivity contribution in [1.29, 1.82) is 0 Å². The molecule has 0 bridgehead atoms. The molecular formula is C13H10BrF3N2O2. The van der Waals surface area contributed by atoms with Gasteiger partial charge in [-0.1, -0.05) is 0 Å². The van der Waals surface area contributed by atoms with Crippen molar-refractivity contribution in [1.82, 2.24) is 9.97 Å². The molecule has 0 aliphatic carbocycles. The van der Waals surface area contributed by atoms with Crippen molar-refractivity contribution in [3.8, 4) is 17.5 Å². The molecule has 0 radical (unpaired) electrons. The van der Waals surface area contributed by atoms with Gasteiger partial charge in [-0.2, -0.15) is 13.2 Å². The van der Waals surface area contributed by atoms with Gasteiger partial charge in [0.15, 0.2) is 5.75 Å². The number of pyridine rings is 2. The zero-order valence-electron chi connectivity index (χ0n) is 11.0. The molecule has 0 N–H and O–H groups in total. The van der Waals surface area contributed by atoms with Crippen LogP contribution in [0.25, 0.3) is 0 Å². The van der Waals surface area contributed by atoms with Crippen molar-refractivity contribution in [2.45, 2.75) is 13.1 Å². The molecule has 0 spiro atoms. The summed E-state index contributed by atoms with van der Waals surface area (Å²) < 4.78 is 48.9. The van der Waals surface area contributed by atoms with Crippen LogP contribution in [0.15, 0.2) is 29.0 Å². The van der Waals surface area contributed by atoms with Gasteiger partial charge in [0.05, 0.1) is 17.1 Å². The minimum absolute atomic E-state index is 0.00430. The predicted molar refractivity (Wildman–Crippen MR) is 72.5 cm³/mol. The molecule has 0 amide bonds. The quantitative estimate of drug-likeness (QED) is 0.813. The maximum absolute atomic E-state index is 12.8. The number of hydrogen-bond donors (Lipinski definition) is 0. The zero-order chi connectivity index (χ0) is 15.6. The van der Waals surface area contributed by atoms with Gasteiger partial charge in [0.2, 0.25) is 5.88 Å². The van der Waals surface area contributed by atoms with Crippen LogP contribution in [0.2, 0.25) is 0 Å². The smallest absolute Gasteiger partial charge is 0.418 e. The van der Waals surface area contributed by atoms with Crippen molar-refractivity contribution in [3.63, 3.8) is 0 Å². The number of alkyl halides is 3. The van der Waals surface area contributed by atoms with E-state index in [0.29, 0.717) is 0 Å². The first-order chi connectivity index (χ1) is 9.84. The Labute approximate surface area is 127 Å². The summed E-state index contributed by atoms with van der Waals surface area (Å²) in [6.45, 7) is 1.34. The van der Waals surface area contributed by atoms with Crippen LogP contribution in [0, 0.1) is 6.92 Å². The third-order valence-electron chi connectivity index (χ3n) is 2.67. The average Bonchev–Trinajstić information content (AvgIpc) is 2.43. The third-order valence-corrected chi connectivity index (χ3v) is 3.61. The zero-order valence-corrected chi connectivity index (χ0v) is 12.6. The van der Waals surface area contributed by atoms with Crippen LogP contribution in [0.4, 0.5) is 13.2 Å². The standard InChI is InChI=1S/C13H10BrF3N2O2/c1-7-8(13(15,16)17)6-19-12(10(7)14)21-9-4-3-5-18-11(9)20-2/h3-6H,1-2H3. The topological polar surface area (TPSA) is 44.2 Å². The first kappa shape index (κ1) is 15.6. The Morgan fingerprint density at radius 1 is 1.19 bits per heavy atom. The molecule has 0 aliphatic heterocycles. The number of hydrogen-bond acceptors (Lipinski definition) is 4. The first-order valence-corrected chi connectivity index (χ1v) is 6.53. The van der Waals surface area contributed by atoms with Crippen molar-refractivity contribution < 1.29 is 22.6 Å². The van der Waals surface area contributed by atoms with Crippen LogP contribution in [0.1, 0.15) is 11.1 Å². The van der Waals surface area contributed by atoms with Crippen LogP contribution >= 0.6 is 15.9 Å². The summed E-state index contributed by atoms with van der Waals surface area (Å²) in [6, 6.07) is 3.19. The molecule has 8 heteroatoms. The number of ether oxygens (including phenoxy) is 2. The molecule has 4 nitrogen and oxygen atoms in total. The lowest BCUT2D eigenvalue weighted by Gasteiger charge is -2.14. The molecule has 0 aliphatic rings. The second kappa shape index (κ2) is 5.88. The Balaban J connectivity index is 2.40.